The summed E-state index contributed by atoms with van der Waals surface area (Å²) in [4.78, 5) is 18.5. The molecule has 1 aromatic heterocycles. The number of aromatic nitrogens is 2. The third-order valence-corrected chi connectivity index (χ3v) is 5.49. The van der Waals surface area contributed by atoms with E-state index in [2.05, 4.69) is 4.98 Å². The normalized spacial score (nSPS) is 10.6. The molecular formula is C21H22ClN3O3S. The predicted octanol–water partition coefficient (Wildman–Crippen LogP) is 4.16. The molecule has 0 aliphatic rings. The van der Waals surface area contributed by atoms with Gasteiger partial charge in [-0.25, -0.2) is 4.98 Å². The van der Waals surface area contributed by atoms with Crippen LogP contribution in [0.5, 0.6) is 11.5 Å². The molecule has 3 aromatic rings. The molecule has 0 unspecified atom stereocenters. The minimum atomic E-state index is 0.00189. The highest BCUT2D eigenvalue weighted by Crippen LogP contribution is 2.24. The van der Waals surface area contributed by atoms with Crippen LogP contribution >= 0.6 is 23.4 Å². The van der Waals surface area contributed by atoms with Crippen molar-refractivity contribution in [2.75, 3.05) is 33.1 Å². The quantitative estimate of drug-likeness (QED) is 0.476. The second-order valence-electron chi connectivity index (χ2n) is 6.16. The van der Waals surface area contributed by atoms with Gasteiger partial charge in [0.1, 0.15) is 18.1 Å². The molecule has 152 valence electrons. The Bertz CT molecular complexity index is 946. The summed E-state index contributed by atoms with van der Waals surface area (Å²) in [6.45, 7) is 0.842. The van der Waals surface area contributed by atoms with E-state index in [1.807, 2.05) is 47.2 Å². The average molecular weight is 432 g/mol. The number of hydrogen-bond donors (Lipinski definition) is 0. The number of amides is 1. The van der Waals surface area contributed by atoms with Crippen LogP contribution in [0.1, 0.15) is 0 Å². The lowest BCUT2D eigenvalue weighted by Crippen LogP contribution is -2.32. The van der Waals surface area contributed by atoms with E-state index >= 15 is 0 Å². The number of hydrogen-bond acceptors (Lipinski definition) is 5. The van der Waals surface area contributed by atoms with Gasteiger partial charge in [0.05, 0.1) is 24.4 Å². The van der Waals surface area contributed by atoms with E-state index in [-0.39, 0.29) is 11.7 Å². The van der Waals surface area contributed by atoms with Crippen molar-refractivity contribution in [3.63, 3.8) is 0 Å². The lowest BCUT2D eigenvalue weighted by atomic mass is 10.3. The lowest BCUT2D eigenvalue weighted by Gasteiger charge is -2.17. The van der Waals surface area contributed by atoms with E-state index in [1.54, 1.807) is 37.4 Å². The molecule has 0 atom stereocenters. The zero-order valence-electron chi connectivity index (χ0n) is 16.2. The van der Waals surface area contributed by atoms with Gasteiger partial charge in [-0.15, -0.1) is 0 Å². The number of imidazole rings is 1. The van der Waals surface area contributed by atoms with Crippen LogP contribution < -0.4 is 9.47 Å². The third-order valence-electron chi connectivity index (χ3n) is 4.23. The minimum absolute atomic E-state index is 0.00189. The molecule has 0 bridgehead atoms. The summed E-state index contributed by atoms with van der Waals surface area (Å²) < 4.78 is 12.8. The van der Waals surface area contributed by atoms with Gasteiger partial charge < -0.3 is 14.4 Å². The van der Waals surface area contributed by atoms with E-state index < -0.39 is 0 Å². The molecule has 0 aliphatic heterocycles. The largest absolute Gasteiger partial charge is 0.497 e. The van der Waals surface area contributed by atoms with E-state index in [0.717, 1.165) is 16.6 Å². The predicted molar refractivity (Wildman–Crippen MR) is 115 cm³/mol. The summed E-state index contributed by atoms with van der Waals surface area (Å²) in [7, 11) is 3.39. The molecule has 1 heterocycles. The number of carbonyl (C=O) groups excluding carboxylic acids is 1. The molecule has 2 aromatic carbocycles. The van der Waals surface area contributed by atoms with Crippen LogP contribution in [0.15, 0.2) is 66.1 Å². The van der Waals surface area contributed by atoms with Crippen LogP contribution in [0.4, 0.5) is 0 Å². The van der Waals surface area contributed by atoms with Gasteiger partial charge >= 0.3 is 0 Å². The standard InChI is InChI=1S/C21H22ClN3O3S/c1-24(13-14-28-19-6-4-3-5-18(19)22)20(26)15-29-21-23-11-12-25(21)16-7-9-17(27-2)10-8-16/h3-12H,13-15H2,1-2H3. The molecule has 0 spiro atoms. The monoisotopic (exact) mass is 431 g/mol. The molecule has 0 radical (unpaired) electrons. The van der Waals surface area contributed by atoms with Gasteiger partial charge in [0.15, 0.2) is 5.16 Å². The van der Waals surface area contributed by atoms with Gasteiger partial charge in [-0.3, -0.25) is 9.36 Å². The molecule has 0 saturated heterocycles. The second-order valence-corrected chi connectivity index (χ2v) is 7.51. The highest BCUT2D eigenvalue weighted by Gasteiger charge is 2.13. The number of nitrogens with zero attached hydrogens (tertiary/aromatic N) is 3. The first-order chi connectivity index (χ1) is 14.1. The van der Waals surface area contributed by atoms with Crippen molar-refractivity contribution >= 4 is 29.3 Å². The van der Waals surface area contributed by atoms with Gasteiger partial charge in [-0.1, -0.05) is 35.5 Å². The first-order valence-electron chi connectivity index (χ1n) is 9.00. The van der Waals surface area contributed by atoms with Crippen molar-refractivity contribution in [2.45, 2.75) is 5.16 Å². The minimum Gasteiger partial charge on any atom is -0.497 e. The lowest BCUT2D eigenvalue weighted by molar-refractivity contribution is -0.127. The number of halogens is 1. The number of para-hydroxylation sites is 1. The van der Waals surface area contributed by atoms with Gasteiger partial charge in [-0.05, 0) is 36.4 Å². The fourth-order valence-corrected chi connectivity index (χ4v) is 3.66. The summed E-state index contributed by atoms with van der Waals surface area (Å²) in [5.41, 5.74) is 0.958. The van der Waals surface area contributed by atoms with Crippen molar-refractivity contribution in [3.8, 4) is 17.2 Å². The Hall–Kier alpha value is -2.64. The van der Waals surface area contributed by atoms with Crippen LogP contribution in [0.3, 0.4) is 0 Å². The molecule has 0 N–H and O–H groups in total. The fourth-order valence-electron chi connectivity index (χ4n) is 2.55. The number of carbonyl (C=O) groups is 1. The van der Waals surface area contributed by atoms with Crippen molar-refractivity contribution < 1.29 is 14.3 Å². The van der Waals surface area contributed by atoms with E-state index in [1.165, 1.54) is 11.8 Å². The van der Waals surface area contributed by atoms with Gasteiger partial charge in [-0.2, -0.15) is 0 Å². The Morgan fingerprint density at radius 3 is 2.69 bits per heavy atom. The Morgan fingerprint density at radius 2 is 1.97 bits per heavy atom. The Balaban J connectivity index is 1.50. The number of benzene rings is 2. The SMILES string of the molecule is COc1ccc(-n2ccnc2SCC(=O)N(C)CCOc2ccccc2Cl)cc1. The molecule has 3 rings (SSSR count). The summed E-state index contributed by atoms with van der Waals surface area (Å²) in [5, 5.41) is 1.31. The van der Waals surface area contributed by atoms with Crippen LogP contribution in [0, 0.1) is 0 Å². The molecular weight excluding hydrogens is 410 g/mol. The van der Waals surface area contributed by atoms with Gasteiger partial charge in [0.2, 0.25) is 5.91 Å². The summed E-state index contributed by atoms with van der Waals surface area (Å²) >= 11 is 7.46. The maximum absolute atomic E-state index is 12.4. The number of thioether (sulfide) groups is 1. The first-order valence-corrected chi connectivity index (χ1v) is 10.4. The maximum Gasteiger partial charge on any atom is 0.232 e. The van der Waals surface area contributed by atoms with Crippen LogP contribution in [0.2, 0.25) is 5.02 Å². The van der Waals surface area contributed by atoms with Crippen LogP contribution in [-0.4, -0.2) is 53.4 Å². The maximum atomic E-state index is 12.4. The summed E-state index contributed by atoms with van der Waals surface area (Å²) in [6, 6.07) is 15.0. The van der Waals surface area contributed by atoms with Gasteiger partial charge in [0.25, 0.3) is 0 Å². The fraction of sp³-hybridized carbons (Fsp3) is 0.238. The van der Waals surface area contributed by atoms with E-state index in [0.29, 0.717) is 23.9 Å². The number of methoxy groups -OCH3 is 1. The molecule has 0 saturated carbocycles. The zero-order chi connectivity index (χ0) is 20.6. The highest BCUT2D eigenvalue weighted by molar-refractivity contribution is 7.99. The van der Waals surface area contributed by atoms with Crippen LogP contribution in [0.25, 0.3) is 5.69 Å². The van der Waals surface area contributed by atoms with Crippen molar-refractivity contribution in [2.24, 2.45) is 0 Å². The Kier molecular flexibility index (Phi) is 7.43. The Labute approximate surface area is 179 Å². The van der Waals surface area contributed by atoms with E-state index in [9.17, 15) is 4.79 Å². The topological polar surface area (TPSA) is 56.6 Å². The zero-order valence-corrected chi connectivity index (χ0v) is 17.8. The molecule has 6 nitrogen and oxygen atoms in total. The van der Waals surface area contributed by atoms with Crippen molar-refractivity contribution in [1.29, 1.82) is 0 Å². The number of ether oxygens (including phenoxy) is 2. The molecule has 1 amide bonds. The van der Waals surface area contributed by atoms with Crippen LogP contribution in [-0.2, 0) is 4.79 Å². The highest BCUT2D eigenvalue weighted by atomic mass is 35.5. The average Bonchev–Trinajstić information content (AvgIpc) is 3.22. The smallest absolute Gasteiger partial charge is 0.232 e. The second kappa shape index (κ2) is 10.2. The van der Waals surface area contributed by atoms with Crippen molar-refractivity contribution in [1.82, 2.24) is 14.5 Å². The van der Waals surface area contributed by atoms with Crippen molar-refractivity contribution in [3.05, 3.63) is 65.9 Å². The van der Waals surface area contributed by atoms with E-state index in [4.69, 9.17) is 21.1 Å². The summed E-state index contributed by atoms with van der Waals surface area (Å²) in [6.07, 6.45) is 3.59. The van der Waals surface area contributed by atoms with Gasteiger partial charge in [0, 0.05) is 25.1 Å². The molecule has 0 aliphatic carbocycles. The first kappa shape index (κ1) is 21.1. The molecule has 8 heteroatoms. The number of likely N-dealkylation sites (N-methyl/N-ethyl adjacent to an activating group) is 1. The Morgan fingerprint density at radius 1 is 1.21 bits per heavy atom. The third kappa shape index (κ3) is 5.68. The molecule has 29 heavy (non-hydrogen) atoms. The number of rotatable bonds is 9. The summed E-state index contributed by atoms with van der Waals surface area (Å²) in [5.74, 6) is 1.70. The molecule has 0 fully saturated rings.